The lowest BCUT2D eigenvalue weighted by Gasteiger charge is -2.16. The smallest absolute Gasteiger partial charge is 0.224 e. The molecule has 0 bridgehead atoms. The Morgan fingerprint density at radius 1 is 1.56 bits per heavy atom. The fourth-order valence-corrected chi connectivity index (χ4v) is 2.25. The van der Waals surface area contributed by atoms with Gasteiger partial charge in [0.15, 0.2) is 0 Å². The quantitative estimate of drug-likeness (QED) is 0.840. The van der Waals surface area contributed by atoms with Crippen molar-refractivity contribution in [1.82, 2.24) is 5.32 Å². The van der Waals surface area contributed by atoms with Crippen molar-refractivity contribution in [2.24, 2.45) is 0 Å². The average Bonchev–Trinajstić information content (AvgIpc) is 2.33. The summed E-state index contributed by atoms with van der Waals surface area (Å²) in [6.45, 7) is 2.07. The number of carbonyl (C=O) groups is 1. The summed E-state index contributed by atoms with van der Waals surface area (Å²) in [4.78, 5) is 11.9. The predicted molar refractivity (Wildman–Crippen MR) is 76.8 cm³/mol. The van der Waals surface area contributed by atoms with E-state index in [2.05, 4.69) is 21.2 Å². The largest absolute Gasteiger partial charge is 0.396 e. The number of hydrogen-bond acceptors (Lipinski definition) is 2. The van der Waals surface area contributed by atoms with Gasteiger partial charge in [-0.25, -0.2) is 0 Å². The van der Waals surface area contributed by atoms with Crippen LogP contribution in [0.5, 0.6) is 0 Å². The van der Waals surface area contributed by atoms with Gasteiger partial charge in [0, 0.05) is 22.1 Å². The van der Waals surface area contributed by atoms with E-state index >= 15 is 0 Å². The molecule has 0 radical (unpaired) electrons. The van der Waals surface area contributed by atoms with E-state index in [9.17, 15) is 4.79 Å². The maximum atomic E-state index is 11.9. The Hall–Kier alpha value is -0.580. The Morgan fingerprint density at radius 2 is 2.28 bits per heavy atom. The summed E-state index contributed by atoms with van der Waals surface area (Å²) in [6, 6.07) is 5.41. The molecule has 0 aliphatic heterocycles. The lowest BCUT2D eigenvalue weighted by Crippen LogP contribution is -2.36. The molecule has 1 aromatic carbocycles. The summed E-state index contributed by atoms with van der Waals surface area (Å²) in [5.74, 6) is -0.0572. The van der Waals surface area contributed by atoms with Crippen LogP contribution in [-0.2, 0) is 11.2 Å². The van der Waals surface area contributed by atoms with Crippen molar-refractivity contribution in [3.8, 4) is 0 Å². The van der Waals surface area contributed by atoms with E-state index in [0.717, 1.165) is 16.5 Å². The first-order chi connectivity index (χ1) is 8.56. The minimum absolute atomic E-state index is 0.0282. The van der Waals surface area contributed by atoms with E-state index < -0.39 is 0 Å². The maximum Gasteiger partial charge on any atom is 0.224 e. The van der Waals surface area contributed by atoms with Gasteiger partial charge in [-0.2, -0.15) is 0 Å². The molecule has 1 aromatic rings. The van der Waals surface area contributed by atoms with E-state index in [-0.39, 0.29) is 25.0 Å². The van der Waals surface area contributed by atoms with Crippen LogP contribution in [0.1, 0.15) is 25.3 Å². The highest BCUT2D eigenvalue weighted by Gasteiger charge is 2.12. The number of nitrogens with one attached hydrogen (secondary N) is 1. The minimum atomic E-state index is -0.0572. The molecule has 5 heteroatoms. The first-order valence-corrected chi connectivity index (χ1v) is 7.08. The van der Waals surface area contributed by atoms with Crippen LogP contribution >= 0.6 is 27.5 Å². The summed E-state index contributed by atoms with van der Waals surface area (Å²) in [7, 11) is 0. The van der Waals surface area contributed by atoms with Crippen LogP contribution in [0.4, 0.5) is 0 Å². The van der Waals surface area contributed by atoms with Gasteiger partial charge in [-0.05, 0) is 36.6 Å². The van der Waals surface area contributed by atoms with Gasteiger partial charge in [0.05, 0.1) is 6.42 Å². The minimum Gasteiger partial charge on any atom is -0.396 e. The van der Waals surface area contributed by atoms with Gasteiger partial charge in [-0.1, -0.05) is 34.5 Å². The number of halogens is 2. The van der Waals surface area contributed by atoms with E-state index in [0.29, 0.717) is 11.4 Å². The van der Waals surface area contributed by atoms with E-state index in [1.54, 1.807) is 12.1 Å². The first kappa shape index (κ1) is 15.5. The Morgan fingerprint density at radius 3 is 2.89 bits per heavy atom. The summed E-state index contributed by atoms with van der Waals surface area (Å²) in [6.07, 6.45) is 1.67. The number of benzene rings is 1. The zero-order valence-electron chi connectivity index (χ0n) is 10.2. The molecule has 0 saturated carbocycles. The van der Waals surface area contributed by atoms with Gasteiger partial charge in [-0.15, -0.1) is 0 Å². The van der Waals surface area contributed by atoms with Crippen LogP contribution < -0.4 is 5.32 Å². The van der Waals surface area contributed by atoms with Crippen molar-refractivity contribution < 1.29 is 9.90 Å². The molecule has 2 N–H and O–H groups in total. The molecule has 1 atom stereocenters. The molecular weight excluding hydrogens is 318 g/mol. The number of hydrogen-bond donors (Lipinski definition) is 2. The Kier molecular flexibility index (Phi) is 6.68. The van der Waals surface area contributed by atoms with Crippen molar-refractivity contribution in [1.29, 1.82) is 0 Å². The first-order valence-electron chi connectivity index (χ1n) is 5.91. The lowest BCUT2D eigenvalue weighted by molar-refractivity contribution is -0.121. The van der Waals surface area contributed by atoms with E-state index in [1.807, 2.05) is 13.0 Å². The van der Waals surface area contributed by atoms with Crippen molar-refractivity contribution in [2.45, 2.75) is 32.2 Å². The SMILES string of the molecule is CCC(CCO)NC(=O)Cc1cc(Cl)ccc1Br. The molecule has 0 fully saturated rings. The van der Waals surface area contributed by atoms with E-state index in [1.165, 1.54) is 0 Å². The second-order valence-corrected chi connectivity index (χ2v) is 5.39. The van der Waals surface area contributed by atoms with Crippen molar-refractivity contribution in [3.05, 3.63) is 33.3 Å². The second-order valence-electron chi connectivity index (χ2n) is 4.10. The van der Waals surface area contributed by atoms with Gasteiger partial charge in [0.1, 0.15) is 0 Å². The normalized spacial score (nSPS) is 12.2. The van der Waals surface area contributed by atoms with Gasteiger partial charge in [0.2, 0.25) is 5.91 Å². The number of aliphatic hydroxyl groups excluding tert-OH is 1. The van der Waals surface area contributed by atoms with Crippen LogP contribution in [0.25, 0.3) is 0 Å². The predicted octanol–water partition coefficient (Wildman–Crippen LogP) is 2.92. The van der Waals surface area contributed by atoms with Crippen molar-refractivity contribution in [2.75, 3.05) is 6.61 Å². The van der Waals surface area contributed by atoms with Crippen LogP contribution in [0, 0.1) is 0 Å². The third kappa shape index (κ3) is 4.96. The van der Waals surface area contributed by atoms with Gasteiger partial charge in [-0.3, -0.25) is 4.79 Å². The molecule has 0 spiro atoms. The maximum absolute atomic E-state index is 11.9. The van der Waals surface area contributed by atoms with Crippen LogP contribution in [0.15, 0.2) is 22.7 Å². The summed E-state index contributed by atoms with van der Waals surface area (Å²) < 4.78 is 0.872. The highest BCUT2D eigenvalue weighted by Crippen LogP contribution is 2.21. The van der Waals surface area contributed by atoms with Crippen molar-refractivity contribution in [3.63, 3.8) is 0 Å². The van der Waals surface area contributed by atoms with E-state index in [4.69, 9.17) is 16.7 Å². The van der Waals surface area contributed by atoms with Crippen LogP contribution in [-0.4, -0.2) is 23.7 Å². The molecule has 0 aliphatic carbocycles. The molecule has 18 heavy (non-hydrogen) atoms. The zero-order valence-corrected chi connectivity index (χ0v) is 12.6. The third-order valence-electron chi connectivity index (χ3n) is 2.69. The molecule has 0 aliphatic rings. The number of amides is 1. The van der Waals surface area contributed by atoms with Crippen molar-refractivity contribution >= 4 is 33.4 Å². The molecule has 100 valence electrons. The molecule has 1 rings (SSSR count). The second kappa shape index (κ2) is 7.77. The summed E-state index contributed by atoms with van der Waals surface area (Å²) >= 11 is 9.29. The fourth-order valence-electron chi connectivity index (χ4n) is 1.66. The number of rotatable bonds is 6. The third-order valence-corrected chi connectivity index (χ3v) is 3.70. The molecule has 1 unspecified atom stereocenters. The highest BCUT2D eigenvalue weighted by atomic mass is 79.9. The zero-order chi connectivity index (χ0) is 13.5. The van der Waals surface area contributed by atoms with Gasteiger partial charge >= 0.3 is 0 Å². The van der Waals surface area contributed by atoms with Crippen LogP contribution in [0.2, 0.25) is 5.02 Å². The molecule has 0 aromatic heterocycles. The standard InChI is InChI=1S/C13H17BrClNO2/c1-2-11(5-6-17)16-13(18)8-9-7-10(15)3-4-12(9)14/h3-4,7,11,17H,2,5-6,8H2,1H3,(H,16,18). The van der Waals surface area contributed by atoms with Gasteiger partial charge in [0.25, 0.3) is 0 Å². The summed E-state index contributed by atoms with van der Waals surface area (Å²) in [5.41, 5.74) is 0.860. The molecule has 3 nitrogen and oxygen atoms in total. The van der Waals surface area contributed by atoms with Gasteiger partial charge < -0.3 is 10.4 Å². The molecule has 0 heterocycles. The highest BCUT2D eigenvalue weighted by molar-refractivity contribution is 9.10. The Labute approximate surface area is 121 Å². The molecule has 1 amide bonds. The topological polar surface area (TPSA) is 49.3 Å². The Bertz CT molecular complexity index is 412. The molecule has 0 saturated heterocycles. The van der Waals surface area contributed by atoms with Crippen LogP contribution in [0.3, 0.4) is 0 Å². The fraction of sp³-hybridized carbons (Fsp3) is 0.462. The number of carbonyl (C=O) groups excluding carboxylic acids is 1. The monoisotopic (exact) mass is 333 g/mol. The Balaban J connectivity index is 2.61. The number of aliphatic hydroxyl groups is 1. The summed E-state index contributed by atoms with van der Waals surface area (Å²) in [5, 5.41) is 12.4. The molecular formula is C13H17BrClNO2. The average molecular weight is 335 g/mol. The lowest BCUT2D eigenvalue weighted by atomic mass is 10.1.